The van der Waals surface area contributed by atoms with Crippen LogP contribution < -0.4 is 5.36 Å². The van der Waals surface area contributed by atoms with E-state index in [0.717, 1.165) is 34.9 Å². The highest BCUT2D eigenvalue weighted by Crippen LogP contribution is 2.30. The molecule has 0 saturated carbocycles. The van der Waals surface area contributed by atoms with Crippen LogP contribution in [0.4, 0.5) is 8.78 Å². The number of rotatable bonds is 6. The fraction of sp³-hybridized carbons (Fsp3) is 0.280. The molecule has 1 aliphatic carbocycles. The van der Waals surface area contributed by atoms with Gasteiger partial charge in [-0.25, -0.2) is 13.8 Å². The molecule has 156 valence electrons. The molecule has 0 bridgehead atoms. The molecule has 0 amide bonds. The summed E-state index contributed by atoms with van der Waals surface area (Å²) in [5.41, 5.74) is 3.83. The lowest BCUT2D eigenvalue weighted by atomic mass is 10.0. The zero-order valence-corrected chi connectivity index (χ0v) is 18.4. The molecule has 0 radical (unpaired) electrons. The summed E-state index contributed by atoms with van der Waals surface area (Å²) >= 11 is 6.03. The quantitative estimate of drug-likeness (QED) is 0.362. The summed E-state index contributed by atoms with van der Waals surface area (Å²) in [6, 6.07) is 9.86. The van der Waals surface area contributed by atoms with Gasteiger partial charge in [0, 0.05) is 11.1 Å². The Morgan fingerprint density at radius 3 is 2.43 bits per heavy atom. The molecule has 0 spiro atoms. The highest BCUT2D eigenvalue weighted by molar-refractivity contribution is 6.31. The lowest BCUT2D eigenvalue weighted by Gasteiger charge is -2.13. The summed E-state index contributed by atoms with van der Waals surface area (Å²) in [6.45, 7) is 7.47. The maximum Gasteiger partial charge on any atom is 0.132 e. The molecule has 1 aliphatic rings. The van der Waals surface area contributed by atoms with Crippen molar-refractivity contribution < 1.29 is 8.78 Å². The first-order valence-electron chi connectivity index (χ1n) is 10.1. The highest BCUT2D eigenvalue weighted by Gasteiger charge is 2.23. The van der Waals surface area contributed by atoms with Gasteiger partial charge in [-0.2, -0.15) is 0 Å². The molecule has 0 N–H and O–H groups in total. The minimum Gasteiger partial charge on any atom is -0.277 e. The molecule has 0 aliphatic heterocycles. The Labute approximate surface area is 181 Å². The van der Waals surface area contributed by atoms with E-state index in [1.165, 1.54) is 12.1 Å². The topological polar surface area (TPSA) is 24.7 Å². The van der Waals surface area contributed by atoms with Crippen LogP contribution >= 0.6 is 11.6 Å². The van der Waals surface area contributed by atoms with E-state index in [0.29, 0.717) is 11.3 Å². The summed E-state index contributed by atoms with van der Waals surface area (Å²) in [5.74, 6) is -1.27. The van der Waals surface area contributed by atoms with Gasteiger partial charge in [-0.05, 0) is 68.5 Å². The molecule has 0 saturated heterocycles. The maximum absolute atomic E-state index is 15.0. The fourth-order valence-corrected chi connectivity index (χ4v) is 3.39. The van der Waals surface area contributed by atoms with E-state index >= 15 is 8.78 Å². The Balaban J connectivity index is 2.07. The Bertz CT molecular complexity index is 1110. The molecular weight excluding hydrogens is 402 g/mol. The molecule has 3 rings (SSSR count). The number of aliphatic imine (C=N–C) groups is 1. The van der Waals surface area contributed by atoms with Gasteiger partial charge in [0.05, 0.1) is 17.1 Å². The van der Waals surface area contributed by atoms with Gasteiger partial charge in [0.1, 0.15) is 16.8 Å². The molecular formula is C25H25ClF2N2. The van der Waals surface area contributed by atoms with Crippen LogP contribution in [0.15, 0.2) is 69.3 Å². The average molecular weight is 427 g/mol. The molecule has 0 aromatic heterocycles. The van der Waals surface area contributed by atoms with Gasteiger partial charge in [0.2, 0.25) is 0 Å². The third-order valence-corrected chi connectivity index (χ3v) is 5.31. The number of nitrogens with zero attached hydrogens (tertiary/aromatic N) is 2. The Kier molecular flexibility index (Phi) is 6.99. The normalized spacial score (nSPS) is 15.8. The smallest absolute Gasteiger partial charge is 0.132 e. The zero-order valence-electron chi connectivity index (χ0n) is 17.6. The number of hydrogen-bond acceptors (Lipinski definition) is 2. The van der Waals surface area contributed by atoms with Crippen molar-refractivity contribution in [3.63, 3.8) is 0 Å². The first-order valence-corrected chi connectivity index (χ1v) is 10.4. The highest BCUT2D eigenvalue weighted by atomic mass is 35.5. The van der Waals surface area contributed by atoms with Crippen LogP contribution in [0.3, 0.4) is 0 Å². The van der Waals surface area contributed by atoms with Gasteiger partial charge in [-0.15, -0.1) is 0 Å². The van der Waals surface area contributed by atoms with Crippen LogP contribution in [0.5, 0.6) is 0 Å². The molecule has 0 heterocycles. The molecule has 1 atom stereocenters. The van der Waals surface area contributed by atoms with Gasteiger partial charge in [0.15, 0.2) is 0 Å². The molecule has 2 nitrogen and oxygen atoms in total. The van der Waals surface area contributed by atoms with Crippen LogP contribution in [-0.2, 0) is 6.42 Å². The van der Waals surface area contributed by atoms with Crippen molar-refractivity contribution in [3.8, 4) is 0 Å². The molecule has 2 aromatic carbocycles. The standard InChI is InChI=1S/C25H25ClF2N2/c1-5-17-9-7-8-15(3)12-22(17)29-16(4)24-20(27)13-19(14-21(24)28)25(18-10-11-18)30-23(26)6-2/h6-10,12-14,16H,5,11H2,1-4H3/b23-6-,29-22-,30-25+. The Hall–Kier alpha value is -2.59. The van der Waals surface area contributed by atoms with Crippen LogP contribution in [0, 0.1) is 18.6 Å². The minimum atomic E-state index is -0.675. The summed E-state index contributed by atoms with van der Waals surface area (Å²) in [6.07, 6.45) is 5.11. The maximum atomic E-state index is 15.0. The molecule has 2 aromatic rings. The van der Waals surface area contributed by atoms with E-state index in [9.17, 15) is 0 Å². The van der Waals surface area contributed by atoms with Crippen molar-refractivity contribution >= 4 is 17.3 Å². The van der Waals surface area contributed by atoms with Crippen molar-refractivity contribution in [2.24, 2.45) is 9.98 Å². The van der Waals surface area contributed by atoms with E-state index in [4.69, 9.17) is 11.6 Å². The third kappa shape index (κ3) is 5.11. The van der Waals surface area contributed by atoms with Crippen molar-refractivity contribution in [1.82, 2.24) is 0 Å². The van der Waals surface area contributed by atoms with Crippen molar-refractivity contribution in [1.29, 1.82) is 0 Å². The number of halogens is 3. The lowest BCUT2D eigenvalue weighted by molar-refractivity contribution is 0.534. The van der Waals surface area contributed by atoms with Crippen LogP contribution in [-0.4, -0.2) is 5.71 Å². The van der Waals surface area contributed by atoms with Crippen molar-refractivity contribution in [2.75, 3.05) is 0 Å². The predicted octanol–water partition coefficient (Wildman–Crippen LogP) is 6.72. The summed E-state index contributed by atoms with van der Waals surface area (Å²) in [4.78, 5) is 8.96. The number of allylic oxidation sites excluding steroid dienone is 3. The van der Waals surface area contributed by atoms with Crippen LogP contribution in [0.25, 0.3) is 0 Å². The predicted molar refractivity (Wildman–Crippen MR) is 120 cm³/mol. The van der Waals surface area contributed by atoms with Crippen LogP contribution in [0.1, 0.15) is 55.5 Å². The van der Waals surface area contributed by atoms with Gasteiger partial charge >= 0.3 is 0 Å². The summed E-state index contributed by atoms with van der Waals surface area (Å²) in [7, 11) is 0. The van der Waals surface area contributed by atoms with Gasteiger partial charge in [-0.1, -0.05) is 48.9 Å². The first-order chi connectivity index (χ1) is 14.3. The fourth-order valence-electron chi connectivity index (χ4n) is 3.31. The van der Waals surface area contributed by atoms with E-state index in [-0.39, 0.29) is 10.7 Å². The summed E-state index contributed by atoms with van der Waals surface area (Å²) in [5, 5.41) is 1.03. The number of aryl methyl sites for hydroxylation is 2. The van der Waals surface area contributed by atoms with Gasteiger partial charge < -0.3 is 0 Å². The van der Waals surface area contributed by atoms with E-state index < -0.39 is 17.7 Å². The number of benzene rings is 1. The minimum absolute atomic E-state index is 0.0498. The molecule has 30 heavy (non-hydrogen) atoms. The summed E-state index contributed by atoms with van der Waals surface area (Å²) < 4.78 is 30.1. The van der Waals surface area contributed by atoms with E-state index in [1.807, 2.05) is 44.2 Å². The Morgan fingerprint density at radius 2 is 1.87 bits per heavy atom. The third-order valence-electron chi connectivity index (χ3n) is 5.00. The largest absolute Gasteiger partial charge is 0.277 e. The van der Waals surface area contributed by atoms with Gasteiger partial charge in [0.25, 0.3) is 0 Å². The second kappa shape index (κ2) is 9.48. The van der Waals surface area contributed by atoms with Gasteiger partial charge in [-0.3, -0.25) is 4.99 Å². The zero-order chi connectivity index (χ0) is 21.8. The molecule has 0 fully saturated rings. The van der Waals surface area contributed by atoms with Crippen LogP contribution in [0.2, 0.25) is 0 Å². The van der Waals surface area contributed by atoms with E-state index in [1.54, 1.807) is 19.9 Å². The monoisotopic (exact) mass is 426 g/mol. The molecule has 5 heteroatoms. The second-order valence-electron chi connectivity index (χ2n) is 7.34. The first kappa shape index (κ1) is 22.1. The van der Waals surface area contributed by atoms with Crippen molar-refractivity contribution in [3.05, 3.63) is 98.5 Å². The number of hydrogen-bond donors (Lipinski definition) is 0. The van der Waals surface area contributed by atoms with E-state index in [2.05, 4.69) is 9.98 Å². The average Bonchev–Trinajstić information content (AvgIpc) is 3.53. The SMILES string of the molecule is C/C=C(Cl)\N=C(/C1=CC1)c1cc(F)c(C(C)/N=c2/cc(C)cccc2CC)c(F)c1. The van der Waals surface area contributed by atoms with Crippen molar-refractivity contribution in [2.45, 2.75) is 46.6 Å². The second-order valence-corrected chi connectivity index (χ2v) is 7.73. The molecule has 1 unspecified atom stereocenters. The lowest BCUT2D eigenvalue weighted by Crippen LogP contribution is -2.11. The Morgan fingerprint density at radius 1 is 1.20 bits per heavy atom.